The van der Waals surface area contributed by atoms with Crippen LogP contribution in [0.4, 0.5) is 5.69 Å². The molecule has 0 aliphatic carbocycles. The van der Waals surface area contributed by atoms with E-state index < -0.39 is 0 Å². The average Bonchev–Trinajstić information content (AvgIpc) is 3.41. The minimum absolute atomic E-state index is 0.164. The molecule has 1 aromatic heterocycles. The van der Waals surface area contributed by atoms with E-state index in [4.69, 9.17) is 18.9 Å². The number of furan rings is 1. The summed E-state index contributed by atoms with van der Waals surface area (Å²) in [5, 5.41) is 6.86. The molecule has 3 rings (SSSR count). The van der Waals surface area contributed by atoms with Gasteiger partial charge in [0, 0.05) is 31.9 Å². The number of nitrogens with zero attached hydrogens (tertiary/aromatic N) is 2. The van der Waals surface area contributed by atoms with Crippen LogP contribution in [0, 0.1) is 5.92 Å². The maximum atomic E-state index is 5.73. The van der Waals surface area contributed by atoms with Crippen LogP contribution in [-0.4, -0.2) is 56.8 Å². The lowest BCUT2D eigenvalue weighted by atomic mass is 10.1. The Kier molecular flexibility index (Phi) is 9.24. The first-order valence-corrected chi connectivity index (χ1v) is 11.2. The summed E-state index contributed by atoms with van der Waals surface area (Å²) in [6, 6.07) is 11.8. The second kappa shape index (κ2) is 12.4. The Labute approximate surface area is 185 Å². The molecule has 1 aliphatic heterocycles. The van der Waals surface area contributed by atoms with Gasteiger partial charge in [-0.15, -0.1) is 0 Å². The molecule has 1 atom stereocenters. The molecule has 0 radical (unpaired) electrons. The number of aliphatic imine (C=N–C) groups is 1. The number of rotatable bonds is 11. The minimum Gasteiger partial charge on any atom is -0.491 e. The molecule has 2 N–H and O–H groups in total. The Morgan fingerprint density at radius 1 is 1.26 bits per heavy atom. The fourth-order valence-electron chi connectivity index (χ4n) is 3.51. The maximum absolute atomic E-state index is 5.73. The topological polar surface area (TPSA) is 71.3 Å². The van der Waals surface area contributed by atoms with E-state index in [1.807, 2.05) is 50.2 Å². The smallest absolute Gasteiger partial charge is 0.195 e. The van der Waals surface area contributed by atoms with Crippen molar-refractivity contribution in [1.29, 1.82) is 0 Å². The van der Waals surface area contributed by atoms with E-state index in [1.54, 1.807) is 6.26 Å². The zero-order chi connectivity index (χ0) is 21.9. The predicted molar refractivity (Wildman–Crippen MR) is 125 cm³/mol. The number of benzene rings is 1. The van der Waals surface area contributed by atoms with Crippen molar-refractivity contribution >= 4 is 11.6 Å². The average molecular weight is 429 g/mol. The molecule has 1 unspecified atom stereocenters. The van der Waals surface area contributed by atoms with Crippen molar-refractivity contribution in [1.82, 2.24) is 10.2 Å². The number of likely N-dealkylation sites (tertiary alicyclic amines) is 1. The van der Waals surface area contributed by atoms with Gasteiger partial charge in [0.2, 0.25) is 0 Å². The summed E-state index contributed by atoms with van der Waals surface area (Å²) >= 11 is 0. The van der Waals surface area contributed by atoms with Gasteiger partial charge < -0.3 is 29.4 Å². The van der Waals surface area contributed by atoms with Gasteiger partial charge in [-0.25, -0.2) is 0 Å². The Hall–Kier alpha value is -2.51. The third-order valence-electron chi connectivity index (χ3n) is 5.07. The van der Waals surface area contributed by atoms with Crippen LogP contribution in [0.15, 0.2) is 52.1 Å². The molecule has 170 valence electrons. The van der Waals surface area contributed by atoms with Crippen LogP contribution in [0.3, 0.4) is 0 Å². The third kappa shape index (κ3) is 8.63. The van der Waals surface area contributed by atoms with Crippen LogP contribution in [0.1, 0.15) is 32.4 Å². The maximum Gasteiger partial charge on any atom is 0.195 e. The van der Waals surface area contributed by atoms with Crippen molar-refractivity contribution < 1.29 is 13.9 Å². The molecule has 2 aromatic rings. The van der Waals surface area contributed by atoms with E-state index >= 15 is 0 Å². The Balaban J connectivity index is 1.47. The second-order valence-electron chi connectivity index (χ2n) is 8.33. The Bertz CT molecular complexity index is 775. The van der Waals surface area contributed by atoms with Crippen LogP contribution >= 0.6 is 0 Å². The van der Waals surface area contributed by atoms with Gasteiger partial charge in [-0.05, 0) is 82.6 Å². The zero-order valence-electron chi connectivity index (χ0n) is 19.0. The minimum atomic E-state index is 0.164. The van der Waals surface area contributed by atoms with E-state index in [-0.39, 0.29) is 6.10 Å². The van der Waals surface area contributed by atoms with Crippen molar-refractivity contribution in [2.45, 2.75) is 39.4 Å². The van der Waals surface area contributed by atoms with E-state index in [1.165, 1.54) is 6.42 Å². The highest BCUT2D eigenvalue weighted by Gasteiger charge is 2.19. The SMILES string of the molecule is CC(C)Oc1ccc(NC(=NCC2CCN(C)C2)NCCCOCc2ccco2)cc1. The molecular formula is C24H36N4O3. The van der Waals surface area contributed by atoms with Crippen molar-refractivity contribution in [3.8, 4) is 5.75 Å². The first-order chi connectivity index (χ1) is 15.1. The molecule has 31 heavy (non-hydrogen) atoms. The van der Waals surface area contributed by atoms with Gasteiger partial charge in [0.05, 0.1) is 12.4 Å². The molecule has 1 fully saturated rings. The van der Waals surface area contributed by atoms with E-state index in [9.17, 15) is 0 Å². The summed E-state index contributed by atoms with van der Waals surface area (Å²) in [6.07, 6.45) is 3.92. The molecule has 7 nitrogen and oxygen atoms in total. The predicted octanol–water partition coefficient (Wildman–Crippen LogP) is 3.98. The summed E-state index contributed by atoms with van der Waals surface area (Å²) in [4.78, 5) is 7.21. The van der Waals surface area contributed by atoms with E-state index in [0.29, 0.717) is 19.1 Å². The van der Waals surface area contributed by atoms with Gasteiger partial charge >= 0.3 is 0 Å². The third-order valence-corrected chi connectivity index (χ3v) is 5.07. The standard InChI is InChI=1S/C24H36N4O3/c1-19(2)31-22-9-7-21(8-10-22)27-24(26-16-20-11-13-28(3)17-20)25-12-5-14-29-18-23-6-4-15-30-23/h4,6-10,15,19-20H,5,11-14,16-18H2,1-3H3,(H2,25,26,27). The first-order valence-electron chi connectivity index (χ1n) is 11.2. The fourth-order valence-corrected chi connectivity index (χ4v) is 3.51. The summed E-state index contributed by atoms with van der Waals surface area (Å²) in [7, 11) is 2.17. The molecule has 1 saturated heterocycles. The van der Waals surface area contributed by atoms with Gasteiger partial charge in [0.25, 0.3) is 0 Å². The normalized spacial score (nSPS) is 17.3. The summed E-state index contributed by atoms with van der Waals surface area (Å²) < 4.78 is 16.7. The van der Waals surface area contributed by atoms with Gasteiger partial charge in [-0.1, -0.05) is 0 Å². The second-order valence-corrected chi connectivity index (χ2v) is 8.33. The van der Waals surface area contributed by atoms with Crippen LogP contribution in [0.2, 0.25) is 0 Å². The highest BCUT2D eigenvalue weighted by Crippen LogP contribution is 2.17. The number of nitrogens with one attached hydrogen (secondary N) is 2. The van der Waals surface area contributed by atoms with Crippen LogP contribution in [0.5, 0.6) is 5.75 Å². The highest BCUT2D eigenvalue weighted by atomic mass is 16.5. The largest absolute Gasteiger partial charge is 0.491 e. The Morgan fingerprint density at radius 3 is 2.77 bits per heavy atom. The molecule has 0 bridgehead atoms. The molecule has 0 amide bonds. The summed E-state index contributed by atoms with van der Waals surface area (Å²) in [6.45, 7) is 9.09. The molecule has 1 aromatic carbocycles. The van der Waals surface area contributed by atoms with Crippen molar-refractivity contribution in [2.24, 2.45) is 10.9 Å². The first kappa shape index (κ1) is 23.2. The van der Waals surface area contributed by atoms with Crippen molar-refractivity contribution in [3.63, 3.8) is 0 Å². The molecule has 2 heterocycles. The van der Waals surface area contributed by atoms with Crippen molar-refractivity contribution in [2.75, 3.05) is 45.2 Å². The lowest BCUT2D eigenvalue weighted by Gasteiger charge is -2.15. The number of ether oxygens (including phenoxy) is 2. The van der Waals surface area contributed by atoms with Gasteiger partial charge in [-0.2, -0.15) is 0 Å². The molecule has 7 heteroatoms. The lowest BCUT2D eigenvalue weighted by Crippen LogP contribution is -2.33. The molecular weight excluding hydrogens is 392 g/mol. The number of guanidine groups is 1. The number of anilines is 1. The molecule has 1 aliphatic rings. The zero-order valence-corrected chi connectivity index (χ0v) is 19.0. The van der Waals surface area contributed by atoms with Gasteiger partial charge in [-0.3, -0.25) is 4.99 Å². The van der Waals surface area contributed by atoms with Crippen molar-refractivity contribution in [3.05, 3.63) is 48.4 Å². The van der Waals surface area contributed by atoms with Crippen LogP contribution in [0.25, 0.3) is 0 Å². The highest BCUT2D eigenvalue weighted by molar-refractivity contribution is 5.93. The van der Waals surface area contributed by atoms with Crippen LogP contribution < -0.4 is 15.4 Å². The number of hydrogen-bond acceptors (Lipinski definition) is 5. The van der Waals surface area contributed by atoms with Crippen LogP contribution in [-0.2, 0) is 11.3 Å². The quantitative estimate of drug-likeness (QED) is 0.320. The summed E-state index contributed by atoms with van der Waals surface area (Å²) in [5.74, 6) is 3.14. The number of hydrogen-bond donors (Lipinski definition) is 2. The summed E-state index contributed by atoms with van der Waals surface area (Å²) in [5.41, 5.74) is 0.986. The van der Waals surface area contributed by atoms with Gasteiger partial charge in [0.15, 0.2) is 5.96 Å². The monoisotopic (exact) mass is 428 g/mol. The Morgan fingerprint density at radius 2 is 2.10 bits per heavy atom. The van der Waals surface area contributed by atoms with E-state index in [2.05, 4.69) is 22.6 Å². The fraction of sp³-hybridized carbons (Fsp3) is 0.542. The lowest BCUT2D eigenvalue weighted by molar-refractivity contribution is 0.105. The van der Waals surface area contributed by atoms with Gasteiger partial charge in [0.1, 0.15) is 18.1 Å². The van der Waals surface area contributed by atoms with E-state index in [0.717, 1.165) is 55.8 Å². The molecule has 0 spiro atoms. The molecule has 0 saturated carbocycles.